The van der Waals surface area contributed by atoms with Gasteiger partial charge in [-0.3, -0.25) is 9.48 Å². The van der Waals surface area contributed by atoms with E-state index in [0.717, 1.165) is 22.2 Å². The SMILES string of the molecule is O=C(Cn1cccn1)NCc1cc(Br)cc2c1OCC2. The molecule has 5 nitrogen and oxygen atoms in total. The molecule has 104 valence electrons. The van der Waals surface area contributed by atoms with Crippen molar-refractivity contribution in [1.29, 1.82) is 0 Å². The van der Waals surface area contributed by atoms with Crippen molar-refractivity contribution >= 4 is 21.8 Å². The molecule has 1 aliphatic rings. The molecule has 2 heterocycles. The Hall–Kier alpha value is -1.82. The maximum absolute atomic E-state index is 11.8. The molecule has 3 rings (SSSR count). The predicted molar refractivity (Wildman–Crippen MR) is 77.4 cm³/mol. The van der Waals surface area contributed by atoms with Crippen molar-refractivity contribution in [3.8, 4) is 5.75 Å². The molecule has 0 bridgehead atoms. The van der Waals surface area contributed by atoms with Crippen molar-refractivity contribution in [1.82, 2.24) is 15.1 Å². The molecule has 1 aliphatic heterocycles. The van der Waals surface area contributed by atoms with E-state index in [1.807, 2.05) is 6.07 Å². The molecule has 1 aromatic heterocycles. The van der Waals surface area contributed by atoms with Gasteiger partial charge in [0.15, 0.2) is 0 Å². The third kappa shape index (κ3) is 2.85. The van der Waals surface area contributed by atoms with Gasteiger partial charge in [-0.2, -0.15) is 5.10 Å². The molecule has 0 spiro atoms. The van der Waals surface area contributed by atoms with Crippen molar-refractivity contribution < 1.29 is 9.53 Å². The van der Waals surface area contributed by atoms with E-state index < -0.39 is 0 Å². The number of fused-ring (bicyclic) bond motifs is 1. The molecule has 0 fully saturated rings. The molecule has 0 aliphatic carbocycles. The monoisotopic (exact) mass is 335 g/mol. The van der Waals surface area contributed by atoms with Crippen LogP contribution in [0.3, 0.4) is 0 Å². The number of rotatable bonds is 4. The fourth-order valence-electron chi connectivity index (χ4n) is 2.27. The van der Waals surface area contributed by atoms with E-state index >= 15 is 0 Å². The van der Waals surface area contributed by atoms with Crippen LogP contribution < -0.4 is 10.1 Å². The van der Waals surface area contributed by atoms with Gasteiger partial charge in [-0.15, -0.1) is 0 Å². The van der Waals surface area contributed by atoms with Crippen LogP contribution in [0.1, 0.15) is 11.1 Å². The lowest BCUT2D eigenvalue weighted by atomic mass is 10.1. The minimum absolute atomic E-state index is 0.0691. The number of halogens is 1. The minimum Gasteiger partial charge on any atom is -0.493 e. The van der Waals surface area contributed by atoms with Crippen molar-refractivity contribution in [2.45, 2.75) is 19.5 Å². The van der Waals surface area contributed by atoms with Crippen molar-refractivity contribution in [3.63, 3.8) is 0 Å². The van der Waals surface area contributed by atoms with E-state index in [-0.39, 0.29) is 12.5 Å². The number of carbonyl (C=O) groups excluding carboxylic acids is 1. The first-order chi connectivity index (χ1) is 9.72. The van der Waals surface area contributed by atoms with Gasteiger partial charge in [0.2, 0.25) is 5.91 Å². The standard InChI is InChI=1S/C14H14BrN3O2/c15-12-6-10-2-5-20-14(10)11(7-12)8-16-13(19)9-18-4-1-3-17-18/h1,3-4,6-7H,2,5,8-9H2,(H,16,19). The lowest BCUT2D eigenvalue weighted by Gasteiger charge is -2.10. The van der Waals surface area contributed by atoms with Crippen molar-refractivity contribution in [2.75, 3.05) is 6.61 Å². The van der Waals surface area contributed by atoms with Crippen LogP contribution >= 0.6 is 15.9 Å². The van der Waals surface area contributed by atoms with Gasteiger partial charge >= 0.3 is 0 Å². The lowest BCUT2D eigenvalue weighted by molar-refractivity contribution is -0.122. The largest absolute Gasteiger partial charge is 0.493 e. The Morgan fingerprint density at radius 2 is 2.40 bits per heavy atom. The summed E-state index contributed by atoms with van der Waals surface area (Å²) in [4.78, 5) is 11.8. The number of hydrogen-bond acceptors (Lipinski definition) is 3. The van der Waals surface area contributed by atoms with Gasteiger partial charge in [-0.05, 0) is 23.8 Å². The average molecular weight is 336 g/mol. The van der Waals surface area contributed by atoms with Gasteiger partial charge < -0.3 is 10.1 Å². The zero-order valence-corrected chi connectivity index (χ0v) is 12.4. The summed E-state index contributed by atoms with van der Waals surface area (Å²) < 4.78 is 8.24. The van der Waals surface area contributed by atoms with Crippen LogP contribution in [0.15, 0.2) is 35.1 Å². The van der Waals surface area contributed by atoms with Crippen LogP contribution in [-0.4, -0.2) is 22.3 Å². The molecule has 2 aromatic rings. The number of hydrogen-bond donors (Lipinski definition) is 1. The summed E-state index contributed by atoms with van der Waals surface area (Å²) in [6.45, 7) is 1.39. The molecular formula is C14H14BrN3O2. The zero-order valence-electron chi connectivity index (χ0n) is 10.8. The molecule has 0 atom stereocenters. The number of benzene rings is 1. The third-order valence-electron chi connectivity index (χ3n) is 3.17. The Kier molecular flexibility index (Phi) is 3.73. The molecule has 20 heavy (non-hydrogen) atoms. The normalized spacial score (nSPS) is 12.8. The molecule has 1 aromatic carbocycles. The van der Waals surface area contributed by atoms with Gasteiger partial charge in [0.25, 0.3) is 0 Å². The van der Waals surface area contributed by atoms with Crippen LogP contribution in [0.25, 0.3) is 0 Å². The van der Waals surface area contributed by atoms with Gasteiger partial charge in [-0.1, -0.05) is 15.9 Å². The van der Waals surface area contributed by atoms with E-state index in [9.17, 15) is 4.79 Å². The second-order valence-electron chi connectivity index (χ2n) is 4.63. The van der Waals surface area contributed by atoms with E-state index in [1.54, 1.807) is 23.1 Å². The molecule has 6 heteroatoms. The average Bonchev–Trinajstić information content (AvgIpc) is 3.06. The Balaban J connectivity index is 1.65. The van der Waals surface area contributed by atoms with Crippen LogP contribution in [-0.2, 0) is 24.3 Å². The smallest absolute Gasteiger partial charge is 0.241 e. The zero-order chi connectivity index (χ0) is 13.9. The topological polar surface area (TPSA) is 56.2 Å². The molecule has 1 amide bonds. The first-order valence-corrected chi connectivity index (χ1v) is 7.20. The summed E-state index contributed by atoms with van der Waals surface area (Å²) in [7, 11) is 0. The van der Waals surface area contributed by atoms with E-state index in [0.29, 0.717) is 13.2 Å². The maximum Gasteiger partial charge on any atom is 0.241 e. The Labute approximate surface area is 125 Å². The van der Waals surface area contributed by atoms with Crippen LogP contribution in [0.2, 0.25) is 0 Å². The van der Waals surface area contributed by atoms with Gasteiger partial charge in [-0.25, -0.2) is 0 Å². The number of aromatic nitrogens is 2. The highest BCUT2D eigenvalue weighted by atomic mass is 79.9. The van der Waals surface area contributed by atoms with Crippen LogP contribution in [0, 0.1) is 0 Å². The van der Waals surface area contributed by atoms with Crippen LogP contribution in [0.4, 0.5) is 0 Å². The lowest BCUT2D eigenvalue weighted by Crippen LogP contribution is -2.27. The number of carbonyl (C=O) groups is 1. The summed E-state index contributed by atoms with van der Waals surface area (Å²) in [5.74, 6) is 0.841. The quantitative estimate of drug-likeness (QED) is 0.928. The van der Waals surface area contributed by atoms with E-state index in [1.165, 1.54) is 5.56 Å². The first kappa shape index (κ1) is 13.2. The van der Waals surface area contributed by atoms with Gasteiger partial charge in [0.05, 0.1) is 6.61 Å². The second kappa shape index (κ2) is 5.66. The van der Waals surface area contributed by atoms with E-state index in [4.69, 9.17) is 4.74 Å². The van der Waals surface area contributed by atoms with E-state index in [2.05, 4.69) is 32.4 Å². The molecule has 0 saturated carbocycles. The Morgan fingerprint density at radius 3 is 3.20 bits per heavy atom. The van der Waals surface area contributed by atoms with Gasteiger partial charge in [0, 0.05) is 35.4 Å². The van der Waals surface area contributed by atoms with Gasteiger partial charge in [0.1, 0.15) is 12.3 Å². The van der Waals surface area contributed by atoms with Crippen molar-refractivity contribution in [2.24, 2.45) is 0 Å². The fraction of sp³-hybridized carbons (Fsp3) is 0.286. The fourth-order valence-corrected chi connectivity index (χ4v) is 2.82. The molecule has 0 saturated heterocycles. The predicted octanol–water partition coefficient (Wildman–Crippen LogP) is 1.90. The molecule has 0 unspecified atom stereocenters. The number of nitrogens with zero attached hydrogens (tertiary/aromatic N) is 2. The highest BCUT2D eigenvalue weighted by Gasteiger charge is 2.17. The number of ether oxygens (including phenoxy) is 1. The summed E-state index contributed by atoms with van der Waals surface area (Å²) in [6.07, 6.45) is 4.34. The molecule has 0 radical (unpaired) electrons. The minimum atomic E-state index is -0.0691. The third-order valence-corrected chi connectivity index (χ3v) is 3.62. The first-order valence-electron chi connectivity index (χ1n) is 6.40. The number of amides is 1. The Bertz CT molecular complexity index is 626. The highest BCUT2D eigenvalue weighted by Crippen LogP contribution is 2.32. The number of nitrogens with one attached hydrogen (secondary N) is 1. The maximum atomic E-state index is 11.8. The molecular weight excluding hydrogens is 322 g/mol. The van der Waals surface area contributed by atoms with Crippen LogP contribution in [0.5, 0.6) is 5.75 Å². The summed E-state index contributed by atoms with van der Waals surface area (Å²) >= 11 is 3.49. The second-order valence-corrected chi connectivity index (χ2v) is 5.55. The summed E-state index contributed by atoms with van der Waals surface area (Å²) in [5.41, 5.74) is 2.19. The van der Waals surface area contributed by atoms with Crippen molar-refractivity contribution in [3.05, 3.63) is 46.2 Å². The summed E-state index contributed by atoms with van der Waals surface area (Å²) in [5, 5.41) is 6.90. The molecule has 1 N–H and O–H groups in total. The Morgan fingerprint density at radius 1 is 1.50 bits per heavy atom. The summed E-state index contributed by atoms with van der Waals surface area (Å²) in [6, 6.07) is 5.85. The highest BCUT2D eigenvalue weighted by molar-refractivity contribution is 9.10.